The number of nitrogens with zero attached hydrogens (tertiary/aromatic N) is 3. The lowest BCUT2D eigenvalue weighted by atomic mass is 10.4. The topological polar surface area (TPSA) is 86.0 Å². The molecule has 0 amide bonds. The summed E-state index contributed by atoms with van der Waals surface area (Å²) in [6, 6.07) is 34.5. The van der Waals surface area contributed by atoms with Gasteiger partial charge in [0.05, 0.1) is 0 Å². The summed E-state index contributed by atoms with van der Waals surface area (Å²) in [4.78, 5) is 20.9. The Kier molecular flexibility index (Phi) is 18.8. The second-order valence-corrected chi connectivity index (χ2v) is 11.1. The van der Waals surface area contributed by atoms with Crippen LogP contribution in [0.5, 0.6) is 0 Å². The molecule has 0 aliphatic rings. The van der Waals surface area contributed by atoms with Gasteiger partial charge in [0.15, 0.2) is 0 Å². The quantitative estimate of drug-likeness (QED) is 0.129. The molecule has 6 rings (SSSR count). The molecule has 6 heterocycles. The predicted molar refractivity (Wildman–Crippen MR) is 184 cm³/mol. The van der Waals surface area contributed by atoms with Gasteiger partial charge in [-0.2, -0.15) is 0 Å². The van der Waals surface area contributed by atoms with E-state index in [1.165, 1.54) is 0 Å². The molecular weight excluding hydrogens is 617 g/mol. The van der Waals surface area contributed by atoms with E-state index < -0.39 is 0 Å². The highest BCUT2D eigenvalue weighted by atomic mass is 33.1. The van der Waals surface area contributed by atoms with Crippen LogP contribution in [0.4, 0.5) is 0 Å². The van der Waals surface area contributed by atoms with Gasteiger partial charge in [0.1, 0.15) is 24.0 Å². The Balaban J connectivity index is 0.000000191. The SMILES string of the molecule is Cc1ccccn1.S=c1cccc[nH]1.S=c1cccc[nH]1.S=c1cccc[nH]1.c1ccc(SSc2ccccn2)nc1. The van der Waals surface area contributed by atoms with E-state index in [9.17, 15) is 0 Å². The number of aryl methyl sites for hydroxylation is 1. The summed E-state index contributed by atoms with van der Waals surface area (Å²) in [5.41, 5.74) is 1.07. The third-order valence-corrected chi connectivity index (χ3v) is 7.29. The van der Waals surface area contributed by atoms with Gasteiger partial charge in [-0.25, -0.2) is 9.97 Å². The fraction of sp³-hybridized carbons (Fsp3) is 0.0323. The second-order valence-electron chi connectivity index (χ2n) is 7.65. The van der Waals surface area contributed by atoms with E-state index in [0.717, 1.165) is 29.7 Å². The molecule has 214 valence electrons. The zero-order valence-corrected chi connectivity index (χ0v) is 26.8. The van der Waals surface area contributed by atoms with Crippen molar-refractivity contribution >= 4 is 58.2 Å². The Hall–Kier alpha value is -3.74. The lowest BCUT2D eigenvalue weighted by Gasteiger charge is -1.97. The van der Waals surface area contributed by atoms with Crippen LogP contribution in [0.1, 0.15) is 5.69 Å². The first-order chi connectivity index (χ1) is 20.5. The van der Waals surface area contributed by atoms with Crippen LogP contribution in [-0.4, -0.2) is 29.9 Å². The maximum absolute atomic E-state index is 4.76. The molecule has 0 radical (unpaired) electrons. The van der Waals surface area contributed by atoms with E-state index in [1.807, 2.05) is 135 Å². The van der Waals surface area contributed by atoms with Crippen molar-refractivity contribution in [1.29, 1.82) is 0 Å². The van der Waals surface area contributed by atoms with Crippen LogP contribution in [0.25, 0.3) is 0 Å². The summed E-state index contributed by atoms with van der Waals surface area (Å²) >= 11 is 14.3. The van der Waals surface area contributed by atoms with Crippen LogP contribution in [0, 0.1) is 20.8 Å². The van der Waals surface area contributed by atoms with Crippen LogP contribution in [0.3, 0.4) is 0 Å². The normalized spacial score (nSPS) is 9.07. The van der Waals surface area contributed by atoms with Crippen LogP contribution in [-0.2, 0) is 0 Å². The molecule has 0 aromatic carbocycles. The molecule has 0 aliphatic carbocycles. The van der Waals surface area contributed by atoms with Crippen molar-refractivity contribution in [3.8, 4) is 0 Å². The molecule has 0 saturated heterocycles. The highest BCUT2D eigenvalue weighted by Crippen LogP contribution is 2.34. The third-order valence-electron chi connectivity index (χ3n) is 4.34. The standard InChI is InChI=1S/C10H8N2S2.C6H7N.3C5H5NS/c1-3-7-11-9(5-1)13-14-10-6-2-4-8-12-10;1-6-4-2-3-5-7-6;3*7-5-3-1-2-4-6-5/h1-8H;2-5H,1H3;3*1-4H,(H,6,7). The first kappa shape index (κ1) is 34.5. The van der Waals surface area contributed by atoms with E-state index in [2.05, 4.69) is 29.9 Å². The van der Waals surface area contributed by atoms with Crippen LogP contribution in [0.15, 0.2) is 156 Å². The van der Waals surface area contributed by atoms with Crippen molar-refractivity contribution in [2.24, 2.45) is 0 Å². The van der Waals surface area contributed by atoms with Crippen molar-refractivity contribution in [2.45, 2.75) is 17.0 Å². The summed E-state index contributed by atoms with van der Waals surface area (Å²) in [5.74, 6) is 0. The molecule has 6 aromatic heterocycles. The fourth-order valence-electron chi connectivity index (χ4n) is 2.46. The van der Waals surface area contributed by atoms with Gasteiger partial charge in [-0.1, -0.05) is 73.1 Å². The molecule has 3 N–H and O–H groups in total. The molecule has 0 unspecified atom stereocenters. The van der Waals surface area contributed by atoms with E-state index in [4.69, 9.17) is 36.7 Å². The molecule has 0 aliphatic heterocycles. The van der Waals surface area contributed by atoms with Gasteiger partial charge < -0.3 is 15.0 Å². The Morgan fingerprint density at radius 1 is 0.452 bits per heavy atom. The smallest absolute Gasteiger partial charge is 0.107 e. The minimum atomic E-state index is 0.780. The Labute approximate surface area is 269 Å². The minimum absolute atomic E-state index is 0.780. The Bertz CT molecular complexity index is 1460. The van der Waals surface area contributed by atoms with Gasteiger partial charge in [0.2, 0.25) is 0 Å². The number of nitrogens with one attached hydrogen (secondary N) is 3. The molecule has 0 fully saturated rings. The number of rotatable bonds is 3. The van der Waals surface area contributed by atoms with Gasteiger partial charge in [-0.3, -0.25) is 4.98 Å². The minimum Gasteiger partial charge on any atom is -0.353 e. The number of hydrogen-bond donors (Lipinski definition) is 3. The van der Waals surface area contributed by atoms with Crippen LogP contribution < -0.4 is 0 Å². The zero-order valence-electron chi connectivity index (χ0n) is 22.7. The highest BCUT2D eigenvalue weighted by Gasteiger charge is 1.97. The Morgan fingerprint density at radius 3 is 1.00 bits per heavy atom. The number of H-pyrrole nitrogens is 3. The summed E-state index contributed by atoms with van der Waals surface area (Å²) in [6.45, 7) is 1.97. The highest BCUT2D eigenvalue weighted by molar-refractivity contribution is 8.76. The van der Waals surface area contributed by atoms with E-state index in [0.29, 0.717) is 0 Å². The molecule has 0 saturated carbocycles. The number of aromatic nitrogens is 6. The van der Waals surface area contributed by atoms with Gasteiger partial charge in [0.25, 0.3) is 0 Å². The average molecular weight is 647 g/mol. The predicted octanol–water partition coefficient (Wildman–Crippen LogP) is 9.90. The zero-order chi connectivity index (χ0) is 30.1. The second kappa shape index (κ2) is 22.9. The molecule has 0 atom stereocenters. The Morgan fingerprint density at radius 2 is 0.810 bits per heavy atom. The molecule has 0 bridgehead atoms. The summed E-state index contributed by atoms with van der Waals surface area (Å²) in [7, 11) is 3.23. The number of pyridine rings is 6. The lowest BCUT2D eigenvalue weighted by Crippen LogP contribution is -1.75. The average Bonchev–Trinajstić information content (AvgIpc) is 3.04. The summed E-state index contributed by atoms with van der Waals surface area (Å²) < 4.78 is 2.34. The summed E-state index contributed by atoms with van der Waals surface area (Å²) in [5, 5.41) is 2.01. The van der Waals surface area contributed by atoms with Gasteiger partial charge in [-0.15, -0.1) is 0 Å². The van der Waals surface area contributed by atoms with Crippen molar-refractivity contribution in [3.05, 3.63) is 166 Å². The maximum atomic E-state index is 4.76. The van der Waals surface area contributed by atoms with Crippen molar-refractivity contribution in [1.82, 2.24) is 29.9 Å². The van der Waals surface area contributed by atoms with Crippen molar-refractivity contribution in [3.63, 3.8) is 0 Å². The molecule has 6 nitrogen and oxygen atoms in total. The van der Waals surface area contributed by atoms with Gasteiger partial charge >= 0.3 is 0 Å². The van der Waals surface area contributed by atoms with Gasteiger partial charge in [0, 0.05) is 42.9 Å². The third kappa shape index (κ3) is 18.6. The van der Waals surface area contributed by atoms with Crippen LogP contribution >= 0.6 is 58.2 Å². The molecule has 42 heavy (non-hydrogen) atoms. The van der Waals surface area contributed by atoms with E-state index >= 15 is 0 Å². The van der Waals surface area contributed by atoms with Crippen molar-refractivity contribution in [2.75, 3.05) is 0 Å². The van der Waals surface area contributed by atoms with Gasteiger partial charge in [-0.05, 0) is 101 Å². The lowest BCUT2D eigenvalue weighted by molar-refractivity contribution is 1.13. The van der Waals surface area contributed by atoms with Crippen LogP contribution in [0.2, 0.25) is 0 Å². The number of aromatic amines is 3. The molecule has 0 spiro atoms. The first-order valence-corrected chi connectivity index (χ1v) is 15.9. The molecular formula is C31H30N6S5. The monoisotopic (exact) mass is 646 g/mol. The fourth-order valence-corrected chi connectivity index (χ4v) is 4.65. The molecule has 11 heteroatoms. The van der Waals surface area contributed by atoms with Crippen molar-refractivity contribution < 1.29 is 0 Å². The largest absolute Gasteiger partial charge is 0.353 e. The van der Waals surface area contributed by atoms with E-state index in [-0.39, 0.29) is 0 Å². The number of hydrogen-bond acceptors (Lipinski definition) is 8. The molecule has 6 aromatic rings. The van der Waals surface area contributed by atoms with E-state index in [1.54, 1.807) is 40.2 Å². The maximum Gasteiger partial charge on any atom is 0.107 e. The first-order valence-electron chi connectivity index (χ1n) is 12.5. The summed E-state index contributed by atoms with van der Waals surface area (Å²) in [6.07, 6.45) is 10.8.